The molecule has 0 saturated carbocycles. The predicted octanol–water partition coefficient (Wildman–Crippen LogP) is 2.16. The van der Waals surface area contributed by atoms with E-state index in [2.05, 4.69) is 14.9 Å². The Morgan fingerprint density at radius 1 is 1.53 bits per heavy atom. The van der Waals surface area contributed by atoms with Gasteiger partial charge >= 0.3 is 0 Å². The normalized spacial score (nSPS) is 13.8. The van der Waals surface area contributed by atoms with E-state index in [1.54, 1.807) is 19.1 Å². The van der Waals surface area contributed by atoms with Crippen molar-refractivity contribution in [3.8, 4) is 0 Å². The number of aromatic nitrogens is 2. The minimum Gasteiger partial charge on any atom is -0.284 e. The minimum atomic E-state index is -3.54. The lowest BCUT2D eigenvalue weighted by atomic mass is 10.3. The number of rotatable bonds is 4. The van der Waals surface area contributed by atoms with Crippen LogP contribution in [0.1, 0.15) is 17.8 Å². The highest BCUT2D eigenvalue weighted by Crippen LogP contribution is 2.27. The zero-order chi connectivity index (χ0) is 12.5. The van der Waals surface area contributed by atoms with Gasteiger partial charge in [0.05, 0.1) is 16.6 Å². The summed E-state index contributed by atoms with van der Waals surface area (Å²) in [5.41, 5.74) is 0. The first-order chi connectivity index (χ1) is 7.99. The van der Waals surface area contributed by atoms with E-state index in [9.17, 15) is 8.42 Å². The second kappa shape index (κ2) is 4.77. The molecule has 2 aromatic rings. The average Bonchev–Trinajstić information content (AvgIpc) is 2.86. The van der Waals surface area contributed by atoms with Gasteiger partial charge in [-0.05, 0) is 19.1 Å². The second-order valence-electron chi connectivity index (χ2n) is 3.42. The number of aromatic amines is 1. The van der Waals surface area contributed by atoms with Gasteiger partial charge in [-0.25, -0.2) is 13.1 Å². The highest BCUT2D eigenvalue weighted by atomic mass is 35.5. The molecule has 0 amide bonds. The summed E-state index contributed by atoms with van der Waals surface area (Å²) < 4.78 is 27.0. The molecule has 0 spiro atoms. The van der Waals surface area contributed by atoms with E-state index in [1.165, 1.54) is 23.7 Å². The van der Waals surface area contributed by atoms with E-state index >= 15 is 0 Å². The maximum atomic E-state index is 11.9. The van der Waals surface area contributed by atoms with Crippen molar-refractivity contribution < 1.29 is 8.42 Å². The Morgan fingerprint density at radius 2 is 2.29 bits per heavy atom. The van der Waals surface area contributed by atoms with Crippen LogP contribution in [-0.2, 0) is 10.0 Å². The lowest BCUT2D eigenvalue weighted by molar-refractivity contribution is 0.568. The quantitative estimate of drug-likeness (QED) is 0.906. The summed E-state index contributed by atoms with van der Waals surface area (Å²) in [6.07, 6.45) is 2.59. The molecule has 0 aliphatic rings. The third-order valence-corrected chi connectivity index (χ3v) is 5.06. The van der Waals surface area contributed by atoms with Crippen LogP contribution in [0.4, 0.5) is 0 Å². The first-order valence-electron chi connectivity index (χ1n) is 4.75. The molecule has 1 unspecified atom stereocenters. The Hall–Kier alpha value is -0.890. The van der Waals surface area contributed by atoms with Crippen LogP contribution in [0.2, 0.25) is 4.34 Å². The van der Waals surface area contributed by atoms with Crippen molar-refractivity contribution in [1.29, 1.82) is 0 Å². The maximum Gasteiger partial charge on any atom is 0.244 e. The Kier molecular flexibility index (Phi) is 3.53. The molecule has 0 aliphatic heterocycles. The lowest BCUT2D eigenvalue weighted by Gasteiger charge is -2.11. The molecule has 0 fully saturated rings. The lowest BCUT2D eigenvalue weighted by Crippen LogP contribution is -2.26. The third-order valence-electron chi connectivity index (χ3n) is 2.14. The van der Waals surface area contributed by atoms with Gasteiger partial charge in [0.1, 0.15) is 4.90 Å². The van der Waals surface area contributed by atoms with E-state index in [-0.39, 0.29) is 10.9 Å². The van der Waals surface area contributed by atoms with E-state index in [0.717, 1.165) is 4.88 Å². The molecular weight excluding hydrogens is 282 g/mol. The highest BCUT2D eigenvalue weighted by Gasteiger charge is 2.20. The molecule has 2 aromatic heterocycles. The summed E-state index contributed by atoms with van der Waals surface area (Å²) in [7, 11) is -3.54. The Bertz CT molecular complexity index is 592. The number of H-pyrrole nitrogens is 1. The minimum absolute atomic E-state index is 0.118. The van der Waals surface area contributed by atoms with Gasteiger partial charge in [0.15, 0.2) is 0 Å². The molecule has 92 valence electrons. The first kappa shape index (κ1) is 12.6. The van der Waals surface area contributed by atoms with Crippen LogP contribution in [0.15, 0.2) is 29.4 Å². The zero-order valence-electron chi connectivity index (χ0n) is 8.84. The average molecular weight is 292 g/mol. The van der Waals surface area contributed by atoms with Gasteiger partial charge in [-0.15, -0.1) is 11.3 Å². The van der Waals surface area contributed by atoms with Crippen molar-refractivity contribution >= 4 is 33.0 Å². The van der Waals surface area contributed by atoms with Gasteiger partial charge in [-0.1, -0.05) is 11.6 Å². The molecule has 0 aromatic carbocycles. The van der Waals surface area contributed by atoms with Crippen LogP contribution in [0.5, 0.6) is 0 Å². The van der Waals surface area contributed by atoms with Gasteiger partial charge in [0, 0.05) is 11.1 Å². The summed E-state index contributed by atoms with van der Waals surface area (Å²) in [6.45, 7) is 1.76. The van der Waals surface area contributed by atoms with Gasteiger partial charge in [0.25, 0.3) is 0 Å². The molecule has 5 nitrogen and oxygen atoms in total. The van der Waals surface area contributed by atoms with Crippen molar-refractivity contribution in [2.45, 2.75) is 17.9 Å². The zero-order valence-corrected chi connectivity index (χ0v) is 11.2. The van der Waals surface area contributed by atoms with Crippen LogP contribution in [-0.4, -0.2) is 18.6 Å². The molecule has 0 bridgehead atoms. The standard InChI is InChI=1S/C9H10ClN3O2S2/c1-6(8-2-3-9(10)16-8)13-17(14,15)7-4-11-12-5-7/h2-6,13H,1H3,(H,11,12). The SMILES string of the molecule is CC(NS(=O)(=O)c1cn[nH]c1)c1ccc(Cl)s1. The van der Waals surface area contributed by atoms with Crippen molar-refractivity contribution in [2.24, 2.45) is 0 Å². The van der Waals surface area contributed by atoms with Crippen LogP contribution in [0, 0.1) is 0 Å². The molecule has 8 heteroatoms. The first-order valence-corrected chi connectivity index (χ1v) is 7.43. The van der Waals surface area contributed by atoms with E-state index in [4.69, 9.17) is 11.6 Å². The number of nitrogens with one attached hydrogen (secondary N) is 2. The molecule has 0 saturated heterocycles. The number of sulfonamides is 1. The Balaban J connectivity index is 2.17. The van der Waals surface area contributed by atoms with Gasteiger partial charge < -0.3 is 0 Å². The molecular formula is C9H10ClN3O2S2. The summed E-state index contributed by atoms with van der Waals surface area (Å²) in [4.78, 5) is 0.981. The number of hydrogen-bond acceptors (Lipinski definition) is 4. The fourth-order valence-electron chi connectivity index (χ4n) is 1.31. The van der Waals surface area contributed by atoms with Crippen molar-refractivity contribution in [2.75, 3.05) is 0 Å². The molecule has 0 radical (unpaired) electrons. The third kappa shape index (κ3) is 2.86. The summed E-state index contributed by atoms with van der Waals surface area (Å²) in [5.74, 6) is 0. The largest absolute Gasteiger partial charge is 0.284 e. The topological polar surface area (TPSA) is 74.8 Å². The van der Waals surface area contributed by atoms with Crippen LogP contribution in [0.25, 0.3) is 0 Å². The van der Waals surface area contributed by atoms with Gasteiger partial charge in [-0.2, -0.15) is 5.10 Å². The Morgan fingerprint density at radius 3 is 2.82 bits per heavy atom. The molecule has 2 heterocycles. The fourth-order valence-corrected chi connectivity index (χ4v) is 3.57. The molecule has 2 N–H and O–H groups in total. The predicted molar refractivity (Wildman–Crippen MR) is 66.7 cm³/mol. The summed E-state index contributed by atoms with van der Waals surface area (Å²) in [6, 6.07) is 3.21. The maximum absolute atomic E-state index is 11.9. The van der Waals surface area contributed by atoms with E-state index in [0.29, 0.717) is 4.34 Å². The summed E-state index contributed by atoms with van der Waals surface area (Å²) in [5, 5.41) is 6.08. The molecule has 0 aliphatic carbocycles. The number of nitrogens with zero attached hydrogens (tertiary/aromatic N) is 1. The van der Waals surface area contributed by atoms with Crippen LogP contribution in [0.3, 0.4) is 0 Å². The molecule has 2 rings (SSSR count). The smallest absolute Gasteiger partial charge is 0.244 e. The number of thiophene rings is 1. The van der Waals surface area contributed by atoms with E-state index in [1.807, 2.05) is 0 Å². The number of halogens is 1. The van der Waals surface area contributed by atoms with Crippen molar-refractivity contribution in [3.05, 3.63) is 33.7 Å². The van der Waals surface area contributed by atoms with Gasteiger partial charge in [-0.3, -0.25) is 5.10 Å². The summed E-state index contributed by atoms with van der Waals surface area (Å²) >= 11 is 7.15. The van der Waals surface area contributed by atoms with Crippen LogP contribution >= 0.6 is 22.9 Å². The number of hydrogen-bond donors (Lipinski definition) is 2. The van der Waals surface area contributed by atoms with Crippen LogP contribution < -0.4 is 4.72 Å². The van der Waals surface area contributed by atoms with E-state index < -0.39 is 10.0 Å². The van der Waals surface area contributed by atoms with Crippen molar-refractivity contribution in [3.63, 3.8) is 0 Å². The van der Waals surface area contributed by atoms with Gasteiger partial charge in [0.2, 0.25) is 10.0 Å². The second-order valence-corrected chi connectivity index (χ2v) is 6.88. The molecule has 1 atom stereocenters. The molecule has 17 heavy (non-hydrogen) atoms. The monoisotopic (exact) mass is 291 g/mol. The van der Waals surface area contributed by atoms with Crippen molar-refractivity contribution in [1.82, 2.24) is 14.9 Å². The highest BCUT2D eigenvalue weighted by molar-refractivity contribution is 7.89. The fraction of sp³-hybridized carbons (Fsp3) is 0.222. The Labute approximate surface area is 108 Å².